The van der Waals surface area contributed by atoms with Crippen molar-refractivity contribution in [2.75, 3.05) is 0 Å². The van der Waals surface area contributed by atoms with Gasteiger partial charge in [-0.05, 0) is 30.3 Å². The second kappa shape index (κ2) is 5.13. The summed E-state index contributed by atoms with van der Waals surface area (Å²) in [5.74, 6) is 0.117. The number of nitrogens with one attached hydrogen (secondary N) is 2. The highest BCUT2D eigenvalue weighted by Crippen LogP contribution is 2.30. The van der Waals surface area contributed by atoms with Crippen LogP contribution in [0.3, 0.4) is 0 Å². The SMILES string of the molecule is Oc1cncc(-c2cnc3[nH]nc(-c4cc5cccnc5[nH]4)c3c2)c1. The molecule has 0 spiro atoms. The summed E-state index contributed by atoms with van der Waals surface area (Å²) in [7, 11) is 0. The molecule has 0 unspecified atom stereocenters. The molecule has 0 amide bonds. The number of rotatable bonds is 2. The van der Waals surface area contributed by atoms with Crippen LogP contribution in [0.25, 0.3) is 44.6 Å². The van der Waals surface area contributed by atoms with Crippen LogP contribution in [0.1, 0.15) is 0 Å². The number of aromatic hydroxyl groups is 1. The van der Waals surface area contributed by atoms with E-state index < -0.39 is 0 Å². The Labute approximate surface area is 141 Å². The summed E-state index contributed by atoms with van der Waals surface area (Å²) < 4.78 is 0. The van der Waals surface area contributed by atoms with Gasteiger partial charge in [-0.15, -0.1) is 0 Å². The van der Waals surface area contributed by atoms with Crippen molar-refractivity contribution in [1.82, 2.24) is 30.1 Å². The van der Waals surface area contributed by atoms with Gasteiger partial charge in [-0.25, -0.2) is 9.97 Å². The summed E-state index contributed by atoms with van der Waals surface area (Å²) in [5.41, 5.74) is 4.80. The number of hydrogen-bond acceptors (Lipinski definition) is 5. The molecule has 3 N–H and O–H groups in total. The van der Waals surface area contributed by atoms with Crippen molar-refractivity contribution in [2.45, 2.75) is 0 Å². The molecule has 5 aromatic rings. The standard InChI is InChI=1S/C18H12N6O/c25-13-4-11(7-19-9-13)12-5-14-16(23-24-18(14)21-8-12)15-6-10-2-1-3-20-17(10)22-15/h1-9,25H,(H,20,22)(H,21,23,24). The molecule has 0 aliphatic heterocycles. The number of aromatic amines is 2. The van der Waals surface area contributed by atoms with Crippen LogP contribution in [0.2, 0.25) is 0 Å². The minimum atomic E-state index is 0.117. The normalized spacial score (nSPS) is 11.4. The van der Waals surface area contributed by atoms with E-state index in [9.17, 15) is 5.11 Å². The van der Waals surface area contributed by atoms with Crippen molar-refractivity contribution in [1.29, 1.82) is 0 Å². The van der Waals surface area contributed by atoms with Crippen LogP contribution in [-0.4, -0.2) is 35.2 Å². The van der Waals surface area contributed by atoms with E-state index in [1.165, 1.54) is 6.20 Å². The van der Waals surface area contributed by atoms with E-state index in [2.05, 4.69) is 30.1 Å². The topological polar surface area (TPSA) is 103 Å². The Hall–Kier alpha value is -3.74. The van der Waals surface area contributed by atoms with Crippen molar-refractivity contribution < 1.29 is 5.11 Å². The molecule has 0 bridgehead atoms. The lowest BCUT2D eigenvalue weighted by molar-refractivity contribution is 0.473. The molecule has 25 heavy (non-hydrogen) atoms. The van der Waals surface area contributed by atoms with E-state index in [0.717, 1.165) is 38.9 Å². The molecule has 0 aromatic carbocycles. The Balaban J connectivity index is 1.70. The summed E-state index contributed by atoms with van der Waals surface area (Å²) in [6.07, 6.45) is 6.57. The maximum atomic E-state index is 9.65. The number of aromatic nitrogens is 6. The third-order valence-electron chi connectivity index (χ3n) is 4.12. The van der Waals surface area contributed by atoms with Gasteiger partial charge in [0.15, 0.2) is 5.65 Å². The molecule has 0 saturated carbocycles. The van der Waals surface area contributed by atoms with E-state index in [1.807, 2.05) is 24.3 Å². The third kappa shape index (κ3) is 2.21. The molecule has 0 radical (unpaired) electrons. The molecule has 0 aliphatic carbocycles. The van der Waals surface area contributed by atoms with Crippen LogP contribution in [0.4, 0.5) is 0 Å². The average molecular weight is 328 g/mol. The summed E-state index contributed by atoms with van der Waals surface area (Å²) in [6, 6.07) is 9.55. The maximum Gasteiger partial charge on any atom is 0.155 e. The quantitative estimate of drug-likeness (QED) is 0.461. The summed E-state index contributed by atoms with van der Waals surface area (Å²) in [6.45, 7) is 0. The number of H-pyrrole nitrogens is 2. The second-order valence-corrected chi connectivity index (χ2v) is 5.75. The number of nitrogens with zero attached hydrogens (tertiary/aromatic N) is 4. The lowest BCUT2D eigenvalue weighted by Crippen LogP contribution is -1.84. The number of fused-ring (bicyclic) bond motifs is 2. The van der Waals surface area contributed by atoms with Gasteiger partial charge >= 0.3 is 0 Å². The first-order valence-corrected chi connectivity index (χ1v) is 7.70. The fourth-order valence-corrected chi connectivity index (χ4v) is 2.94. The van der Waals surface area contributed by atoms with Gasteiger partial charge in [0.2, 0.25) is 0 Å². The van der Waals surface area contributed by atoms with Gasteiger partial charge in [-0.3, -0.25) is 10.1 Å². The first-order valence-electron chi connectivity index (χ1n) is 7.70. The maximum absolute atomic E-state index is 9.65. The van der Waals surface area contributed by atoms with Crippen LogP contribution in [0.5, 0.6) is 5.75 Å². The van der Waals surface area contributed by atoms with E-state index in [-0.39, 0.29) is 5.75 Å². The zero-order valence-electron chi connectivity index (χ0n) is 12.9. The Kier molecular flexibility index (Phi) is 2.81. The molecular formula is C18H12N6O. The molecule has 5 aromatic heterocycles. The number of pyridine rings is 3. The first-order chi connectivity index (χ1) is 12.3. The molecule has 120 valence electrons. The lowest BCUT2D eigenvalue weighted by Gasteiger charge is -2.02. The third-order valence-corrected chi connectivity index (χ3v) is 4.12. The van der Waals surface area contributed by atoms with Crippen LogP contribution < -0.4 is 0 Å². The molecule has 0 aliphatic rings. The van der Waals surface area contributed by atoms with Crippen molar-refractivity contribution in [3.63, 3.8) is 0 Å². The highest BCUT2D eigenvalue weighted by molar-refractivity contribution is 5.95. The van der Waals surface area contributed by atoms with E-state index in [0.29, 0.717) is 5.65 Å². The van der Waals surface area contributed by atoms with Crippen molar-refractivity contribution in [3.8, 4) is 28.3 Å². The molecular weight excluding hydrogens is 316 g/mol. The van der Waals surface area contributed by atoms with E-state index in [1.54, 1.807) is 24.7 Å². The van der Waals surface area contributed by atoms with Gasteiger partial charge in [0.05, 0.1) is 11.9 Å². The largest absolute Gasteiger partial charge is 0.506 e. The molecule has 7 nitrogen and oxygen atoms in total. The minimum Gasteiger partial charge on any atom is -0.506 e. The average Bonchev–Trinajstić information content (AvgIpc) is 3.24. The summed E-state index contributed by atoms with van der Waals surface area (Å²) in [5, 5.41) is 18.9. The zero-order chi connectivity index (χ0) is 16.8. The highest BCUT2D eigenvalue weighted by Gasteiger charge is 2.13. The Morgan fingerprint density at radius 1 is 0.920 bits per heavy atom. The van der Waals surface area contributed by atoms with Crippen molar-refractivity contribution in [3.05, 3.63) is 55.1 Å². The summed E-state index contributed by atoms with van der Waals surface area (Å²) in [4.78, 5) is 16.1. The lowest BCUT2D eigenvalue weighted by atomic mass is 10.1. The molecule has 5 rings (SSSR count). The van der Waals surface area contributed by atoms with Crippen molar-refractivity contribution >= 4 is 22.1 Å². The van der Waals surface area contributed by atoms with Gasteiger partial charge in [0.1, 0.15) is 17.1 Å². The van der Waals surface area contributed by atoms with Crippen molar-refractivity contribution in [2.24, 2.45) is 0 Å². The first kappa shape index (κ1) is 13.7. The van der Waals surface area contributed by atoms with Crippen LogP contribution in [-0.2, 0) is 0 Å². The van der Waals surface area contributed by atoms with Gasteiger partial charge in [-0.1, -0.05) is 0 Å². The predicted octanol–water partition coefficient (Wildman–Crippen LogP) is 3.27. The molecule has 5 heterocycles. The molecule has 0 saturated heterocycles. The van der Waals surface area contributed by atoms with Gasteiger partial charge in [-0.2, -0.15) is 5.10 Å². The van der Waals surface area contributed by atoms with Crippen LogP contribution in [0, 0.1) is 0 Å². The Morgan fingerprint density at radius 2 is 1.84 bits per heavy atom. The fourth-order valence-electron chi connectivity index (χ4n) is 2.94. The summed E-state index contributed by atoms with van der Waals surface area (Å²) >= 11 is 0. The van der Waals surface area contributed by atoms with Gasteiger partial charge in [0.25, 0.3) is 0 Å². The van der Waals surface area contributed by atoms with Crippen LogP contribution in [0.15, 0.2) is 55.1 Å². The molecule has 0 fully saturated rings. The van der Waals surface area contributed by atoms with E-state index >= 15 is 0 Å². The predicted molar refractivity (Wildman–Crippen MR) is 93.9 cm³/mol. The smallest absolute Gasteiger partial charge is 0.155 e. The highest BCUT2D eigenvalue weighted by atomic mass is 16.3. The second-order valence-electron chi connectivity index (χ2n) is 5.75. The monoisotopic (exact) mass is 328 g/mol. The van der Waals surface area contributed by atoms with Gasteiger partial charge < -0.3 is 10.1 Å². The zero-order valence-corrected chi connectivity index (χ0v) is 12.9. The van der Waals surface area contributed by atoms with Crippen LogP contribution >= 0.6 is 0 Å². The number of hydrogen-bond donors (Lipinski definition) is 3. The minimum absolute atomic E-state index is 0.117. The van der Waals surface area contributed by atoms with E-state index in [4.69, 9.17) is 0 Å². The Bertz CT molecular complexity index is 1190. The fraction of sp³-hybridized carbons (Fsp3) is 0. The molecule has 0 atom stereocenters. The molecule has 7 heteroatoms. The Morgan fingerprint density at radius 3 is 2.72 bits per heavy atom. The van der Waals surface area contributed by atoms with Gasteiger partial charge in [0, 0.05) is 40.5 Å².